The van der Waals surface area contributed by atoms with Gasteiger partial charge < -0.3 is 10.0 Å². The van der Waals surface area contributed by atoms with Crippen molar-refractivity contribution < 1.29 is 14.3 Å². The Morgan fingerprint density at radius 2 is 2.12 bits per heavy atom. The van der Waals surface area contributed by atoms with Crippen LogP contribution in [0.4, 0.5) is 4.39 Å². The Hall–Kier alpha value is -1.17. The number of benzene rings is 1. The van der Waals surface area contributed by atoms with Gasteiger partial charge in [-0.1, -0.05) is 17.7 Å². The normalized spacial score (nSPS) is 24.9. The summed E-state index contributed by atoms with van der Waals surface area (Å²) in [5.74, 6) is -0.166. The van der Waals surface area contributed by atoms with E-state index >= 15 is 0 Å². The number of nitrogens with zero attached hydrogens (tertiary/aromatic N) is 2. The number of aliphatic hydroxyl groups is 1. The Morgan fingerprint density at radius 1 is 1.28 bits per heavy atom. The topological polar surface area (TPSA) is 43.8 Å². The van der Waals surface area contributed by atoms with Crippen molar-refractivity contribution in [2.75, 3.05) is 32.8 Å². The molecule has 25 heavy (non-hydrogen) atoms. The van der Waals surface area contributed by atoms with Crippen LogP contribution < -0.4 is 0 Å². The molecular weight excluding hydrogens is 343 g/mol. The highest BCUT2D eigenvalue weighted by Gasteiger charge is 2.41. The fourth-order valence-corrected chi connectivity index (χ4v) is 4.36. The van der Waals surface area contributed by atoms with E-state index in [-0.39, 0.29) is 28.8 Å². The largest absolute Gasteiger partial charge is 0.396 e. The van der Waals surface area contributed by atoms with Crippen LogP contribution in [0.2, 0.25) is 5.02 Å². The molecule has 1 aromatic carbocycles. The molecule has 0 saturated carbocycles. The van der Waals surface area contributed by atoms with Crippen LogP contribution in [0.1, 0.15) is 37.7 Å². The molecule has 0 bridgehead atoms. The molecule has 2 aliphatic rings. The molecule has 4 nitrogen and oxygen atoms in total. The molecule has 138 valence electrons. The molecule has 1 N–H and O–H groups in total. The van der Waals surface area contributed by atoms with Gasteiger partial charge >= 0.3 is 0 Å². The molecule has 0 aromatic heterocycles. The summed E-state index contributed by atoms with van der Waals surface area (Å²) >= 11 is 5.77. The number of aliphatic hydroxyl groups excluding tert-OH is 1. The van der Waals surface area contributed by atoms with Crippen molar-refractivity contribution >= 4 is 17.5 Å². The number of hydrogen-bond donors (Lipinski definition) is 1. The van der Waals surface area contributed by atoms with Crippen LogP contribution in [0.15, 0.2) is 18.2 Å². The summed E-state index contributed by atoms with van der Waals surface area (Å²) in [5.41, 5.74) is 1.06. The lowest BCUT2D eigenvalue weighted by Gasteiger charge is -2.48. The highest BCUT2D eigenvalue weighted by atomic mass is 35.5. The average Bonchev–Trinajstić information content (AvgIpc) is 2.59. The third-order valence-corrected chi connectivity index (χ3v) is 5.77. The molecule has 1 amide bonds. The number of likely N-dealkylation sites (tertiary alicyclic amines) is 2. The van der Waals surface area contributed by atoms with Crippen LogP contribution in [-0.2, 0) is 11.3 Å². The minimum atomic E-state index is -0.371. The van der Waals surface area contributed by atoms with E-state index in [4.69, 9.17) is 16.7 Å². The fourth-order valence-electron chi connectivity index (χ4n) is 4.24. The molecule has 0 aliphatic carbocycles. The van der Waals surface area contributed by atoms with Crippen molar-refractivity contribution in [3.63, 3.8) is 0 Å². The molecule has 1 spiro atoms. The van der Waals surface area contributed by atoms with Crippen LogP contribution in [0, 0.1) is 11.2 Å². The SMILES string of the molecule is O=C1CC[C@]2(CCCN(Cc3ccc(Cl)c(F)c3)C2)CN1CCCO. The van der Waals surface area contributed by atoms with Crippen LogP contribution in [0.3, 0.4) is 0 Å². The maximum absolute atomic E-state index is 13.7. The number of piperidine rings is 2. The summed E-state index contributed by atoms with van der Waals surface area (Å²) in [4.78, 5) is 16.4. The van der Waals surface area contributed by atoms with Gasteiger partial charge in [-0.05, 0) is 49.9 Å². The molecule has 2 aliphatic heterocycles. The zero-order chi connectivity index (χ0) is 17.9. The number of rotatable bonds is 5. The van der Waals surface area contributed by atoms with E-state index in [1.165, 1.54) is 6.07 Å². The lowest BCUT2D eigenvalue weighted by atomic mass is 9.73. The molecule has 0 unspecified atom stereocenters. The predicted octanol–water partition coefficient (Wildman–Crippen LogP) is 3.07. The zero-order valence-corrected chi connectivity index (χ0v) is 15.3. The third kappa shape index (κ3) is 4.52. The van der Waals surface area contributed by atoms with Gasteiger partial charge in [-0.25, -0.2) is 4.39 Å². The standard InChI is InChI=1S/C19H26ClFN2O2/c20-16-4-3-15(11-17(16)21)12-22-8-1-6-19(13-22)7-5-18(25)23(14-19)9-2-10-24/h3-4,11,24H,1-2,5-10,12-14H2/t19-/m0/s1. The molecule has 2 heterocycles. The van der Waals surface area contributed by atoms with E-state index in [2.05, 4.69) is 4.90 Å². The lowest BCUT2D eigenvalue weighted by Crippen LogP contribution is -2.54. The first-order valence-corrected chi connectivity index (χ1v) is 9.44. The van der Waals surface area contributed by atoms with Gasteiger partial charge in [-0.3, -0.25) is 9.69 Å². The number of carbonyl (C=O) groups excluding carboxylic acids is 1. The molecule has 0 radical (unpaired) electrons. The first-order valence-electron chi connectivity index (χ1n) is 9.06. The van der Waals surface area contributed by atoms with Crippen LogP contribution in [0.5, 0.6) is 0 Å². The van der Waals surface area contributed by atoms with Crippen molar-refractivity contribution in [2.24, 2.45) is 5.41 Å². The summed E-state index contributed by atoms with van der Waals surface area (Å²) in [6.45, 7) is 4.17. The van der Waals surface area contributed by atoms with Gasteiger partial charge in [0.1, 0.15) is 5.82 Å². The molecule has 1 aromatic rings. The number of halogens is 2. The van der Waals surface area contributed by atoms with E-state index in [9.17, 15) is 9.18 Å². The van der Waals surface area contributed by atoms with Crippen molar-refractivity contribution in [3.05, 3.63) is 34.6 Å². The lowest BCUT2D eigenvalue weighted by molar-refractivity contribution is -0.139. The van der Waals surface area contributed by atoms with Gasteiger partial charge in [0.05, 0.1) is 5.02 Å². The third-order valence-electron chi connectivity index (χ3n) is 5.46. The molecule has 1 atom stereocenters. The first-order chi connectivity index (χ1) is 12.0. The summed E-state index contributed by atoms with van der Waals surface area (Å²) in [5, 5.41) is 9.20. The monoisotopic (exact) mass is 368 g/mol. The van der Waals surface area contributed by atoms with Crippen LogP contribution in [-0.4, -0.2) is 53.6 Å². The first kappa shape index (κ1) is 18.6. The van der Waals surface area contributed by atoms with Crippen LogP contribution in [0.25, 0.3) is 0 Å². The van der Waals surface area contributed by atoms with E-state index in [1.54, 1.807) is 6.07 Å². The molecular formula is C19H26ClFN2O2. The molecule has 2 fully saturated rings. The smallest absolute Gasteiger partial charge is 0.222 e. The van der Waals surface area contributed by atoms with Gasteiger partial charge in [0, 0.05) is 44.6 Å². The Kier molecular flexibility index (Phi) is 5.97. The quantitative estimate of drug-likeness (QED) is 0.868. The minimum absolute atomic E-state index is 0.116. The maximum atomic E-state index is 13.7. The second kappa shape index (κ2) is 8.02. The van der Waals surface area contributed by atoms with Crippen molar-refractivity contribution in [1.29, 1.82) is 0 Å². The summed E-state index contributed by atoms with van der Waals surface area (Å²) in [7, 11) is 0. The highest BCUT2D eigenvalue weighted by molar-refractivity contribution is 6.30. The molecule has 3 rings (SSSR count). The fraction of sp³-hybridized carbons (Fsp3) is 0.632. The van der Waals surface area contributed by atoms with Gasteiger partial charge in [-0.2, -0.15) is 0 Å². The van der Waals surface area contributed by atoms with E-state index in [1.807, 2.05) is 11.0 Å². The highest BCUT2D eigenvalue weighted by Crippen LogP contribution is 2.39. The maximum Gasteiger partial charge on any atom is 0.222 e. The summed E-state index contributed by atoms with van der Waals surface area (Å²) in [6.07, 6.45) is 4.37. The number of carbonyl (C=O) groups is 1. The predicted molar refractivity (Wildman–Crippen MR) is 95.9 cm³/mol. The number of hydrogen-bond acceptors (Lipinski definition) is 3. The van der Waals surface area contributed by atoms with Crippen molar-refractivity contribution in [3.8, 4) is 0 Å². The Morgan fingerprint density at radius 3 is 2.88 bits per heavy atom. The average molecular weight is 369 g/mol. The van der Waals surface area contributed by atoms with Crippen molar-refractivity contribution in [1.82, 2.24) is 9.80 Å². The Bertz CT molecular complexity index is 627. The molecule has 6 heteroatoms. The van der Waals surface area contributed by atoms with Gasteiger partial charge in [0.2, 0.25) is 5.91 Å². The van der Waals surface area contributed by atoms with Crippen LogP contribution >= 0.6 is 11.6 Å². The number of amides is 1. The minimum Gasteiger partial charge on any atom is -0.396 e. The summed E-state index contributed by atoms with van der Waals surface area (Å²) < 4.78 is 13.7. The second-order valence-electron chi connectivity index (χ2n) is 7.46. The Labute approximate surface area is 153 Å². The Balaban J connectivity index is 1.65. The van der Waals surface area contributed by atoms with E-state index in [0.717, 1.165) is 44.5 Å². The van der Waals surface area contributed by atoms with E-state index in [0.29, 0.717) is 25.9 Å². The molecule has 2 saturated heterocycles. The zero-order valence-electron chi connectivity index (χ0n) is 14.5. The van der Waals surface area contributed by atoms with Gasteiger partial charge in [0.25, 0.3) is 0 Å². The van der Waals surface area contributed by atoms with Crippen molar-refractivity contribution in [2.45, 2.75) is 38.6 Å². The van der Waals surface area contributed by atoms with Gasteiger partial charge in [-0.15, -0.1) is 0 Å². The van der Waals surface area contributed by atoms with Gasteiger partial charge in [0.15, 0.2) is 0 Å². The van der Waals surface area contributed by atoms with E-state index < -0.39 is 0 Å². The second-order valence-corrected chi connectivity index (χ2v) is 7.86. The summed E-state index contributed by atoms with van der Waals surface area (Å²) in [6, 6.07) is 5.01.